The van der Waals surface area contributed by atoms with Crippen molar-refractivity contribution in [2.45, 2.75) is 19.9 Å². The Bertz CT molecular complexity index is 826. The molecule has 0 bridgehead atoms. The average molecular weight is 415 g/mol. The molecule has 30 heavy (non-hydrogen) atoms. The second-order valence-corrected chi connectivity index (χ2v) is 6.45. The normalized spacial score (nSPS) is 11.1. The SMILES string of the molecule is CCNC(=NCc1cccc(OCC(N)=O)c1)Nc1cccc(OCCCOC)c1. The highest BCUT2D eigenvalue weighted by atomic mass is 16.5. The first kappa shape index (κ1) is 23.0. The van der Waals surface area contributed by atoms with Gasteiger partial charge >= 0.3 is 0 Å². The third kappa shape index (κ3) is 8.83. The van der Waals surface area contributed by atoms with Gasteiger partial charge in [-0.05, 0) is 36.8 Å². The predicted octanol–water partition coefficient (Wildman–Crippen LogP) is 2.54. The Hall–Kier alpha value is -3.26. The van der Waals surface area contributed by atoms with Gasteiger partial charge < -0.3 is 30.6 Å². The number of methoxy groups -OCH3 is 1. The lowest BCUT2D eigenvalue weighted by Crippen LogP contribution is -2.30. The van der Waals surface area contributed by atoms with Gasteiger partial charge in [0.15, 0.2) is 12.6 Å². The second kappa shape index (κ2) is 13.1. The van der Waals surface area contributed by atoms with Crippen molar-refractivity contribution in [1.82, 2.24) is 5.32 Å². The zero-order valence-electron chi connectivity index (χ0n) is 17.5. The Balaban J connectivity index is 1.99. The number of benzene rings is 2. The molecule has 2 aromatic carbocycles. The third-order valence-electron chi connectivity index (χ3n) is 3.90. The fourth-order valence-corrected chi connectivity index (χ4v) is 2.56. The number of guanidine groups is 1. The molecule has 0 unspecified atom stereocenters. The molecule has 0 fully saturated rings. The van der Waals surface area contributed by atoms with Crippen LogP contribution in [0.1, 0.15) is 18.9 Å². The molecule has 162 valence electrons. The van der Waals surface area contributed by atoms with Crippen LogP contribution in [-0.4, -0.2) is 45.3 Å². The Morgan fingerprint density at radius 3 is 2.57 bits per heavy atom. The van der Waals surface area contributed by atoms with E-state index in [1.807, 2.05) is 49.4 Å². The third-order valence-corrected chi connectivity index (χ3v) is 3.90. The largest absolute Gasteiger partial charge is 0.493 e. The number of carbonyl (C=O) groups is 1. The number of nitrogens with two attached hydrogens (primary N) is 1. The minimum atomic E-state index is -0.512. The molecule has 1 amide bonds. The summed E-state index contributed by atoms with van der Waals surface area (Å²) in [5, 5.41) is 6.51. The summed E-state index contributed by atoms with van der Waals surface area (Å²) >= 11 is 0. The molecule has 0 aliphatic carbocycles. The zero-order valence-corrected chi connectivity index (χ0v) is 17.5. The first-order valence-electron chi connectivity index (χ1n) is 9.88. The van der Waals surface area contributed by atoms with E-state index in [0.717, 1.165) is 30.0 Å². The van der Waals surface area contributed by atoms with Gasteiger partial charge in [0, 0.05) is 38.4 Å². The van der Waals surface area contributed by atoms with Crippen molar-refractivity contribution in [3.63, 3.8) is 0 Å². The molecule has 4 N–H and O–H groups in total. The van der Waals surface area contributed by atoms with Gasteiger partial charge in [-0.3, -0.25) is 4.79 Å². The van der Waals surface area contributed by atoms with E-state index in [0.29, 0.717) is 31.5 Å². The molecule has 0 atom stereocenters. The van der Waals surface area contributed by atoms with Crippen molar-refractivity contribution >= 4 is 17.6 Å². The molecular formula is C22H30N4O4. The number of hydrogen-bond donors (Lipinski definition) is 3. The number of aliphatic imine (C=N–C) groups is 1. The lowest BCUT2D eigenvalue weighted by Gasteiger charge is -2.13. The highest BCUT2D eigenvalue weighted by molar-refractivity contribution is 5.93. The van der Waals surface area contributed by atoms with E-state index in [4.69, 9.17) is 19.9 Å². The maximum Gasteiger partial charge on any atom is 0.255 e. The van der Waals surface area contributed by atoms with E-state index in [1.54, 1.807) is 13.2 Å². The van der Waals surface area contributed by atoms with Crippen molar-refractivity contribution in [2.75, 3.05) is 38.8 Å². The number of nitrogens with zero attached hydrogens (tertiary/aromatic N) is 1. The molecule has 0 aliphatic heterocycles. The lowest BCUT2D eigenvalue weighted by atomic mass is 10.2. The summed E-state index contributed by atoms with van der Waals surface area (Å²) in [4.78, 5) is 15.5. The van der Waals surface area contributed by atoms with E-state index in [1.165, 1.54) is 0 Å². The van der Waals surface area contributed by atoms with Crippen LogP contribution in [0.5, 0.6) is 11.5 Å². The zero-order chi connectivity index (χ0) is 21.6. The van der Waals surface area contributed by atoms with E-state index >= 15 is 0 Å². The van der Waals surface area contributed by atoms with Gasteiger partial charge in [0.05, 0.1) is 13.2 Å². The van der Waals surface area contributed by atoms with Crippen LogP contribution in [0.25, 0.3) is 0 Å². The van der Waals surface area contributed by atoms with Crippen molar-refractivity contribution < 1.29 is 19.0 Å². The highest BCUT2D eigenvalue weighted by Gasteiger charge is 2.03. The minimum Gasteiger partial charge on any atom is -0.493 e. The van der Waals surface area contributed by atoms with Crippen LogP contribution < -0.4 is 25.8 Å². The summed E-state index contributed by atoms with van der Waals surface area (Å²) in [5.74, 6) is 1.50. The number of anilines is 1. The van der Waals surface area contributed by atoms with Gasteiger partial charge in [0.1, 0.15) is 11.5 Å². The Morgan fingerprint density at radius 2 is 1.83 bits per heavy atom. The van der Waals surface area contributed by atoms with Crippen LogP contribution in [0.15, 0.2) is 53.5 Å². The maximum atomic E-state index is 10.9. The Kier molecular flexibility index (Phi) is 10.0. The van der Waals surface area contributed by atoms with Crippen LogP contribution in [0.3, 0.4) is 0 Å². The van der Waals surface area contributed by atoms with Crippen molar-refractivity contribution in [3.05, 3.63) is 54.1 Å². The van der Waals surface area contributed by atoms with E-state index in [-0.39, 0.29) is 6.61 Å². The summed E-state index contributed by atoms with van der Waals surface area (Å²) in [7, 11) is 1.68. The maximum absolute atomic E-state index is 10.9. The van der Waals surface area contributed by atoms with Crippen LogP contribution in [0.4, 0.5) is 5.69 Å². The van der Waals surface area contributed by atoms with Crippen LogP contribution in [-0.2, 0) is 16.1 Å². The summed E-state index contributed by atoms with van der Waals surface area (Å²) in [6.07, 6.45) is 0.834. The second-order valence-electron chi connectivity index (χ2n) is 6.45. The minimum absolute atomic E-state index is 0.152. The highest BCUT2D eigenvalue weighted by Crippen LogP contribution is 2.18. The summed E-state index contributed by atoms with van der Waals surface area (Å²) < 4.78 is 16.1. The van der Waals surface area contributed by atoms with Gasteiger partial charge in [-0.1, -0.05) is 18.2 Å². The van der Waals surface area contributed by atoms with Crippen molar-refractivity contribution in [1.29, 1.82) is 0 Å². The Labute approximate surface area is 177 Å². The fraction of sp³-hybridized carbons (Fsp3) is 0.364. The first-order chi connectivity index (χ1) is 14.6. The van der Waals surface area contributed by atoms with Gasteiger partial charge in [0.2, 0.25) is 0 Å². The molecule has 8 heteroatoms. The molecule has 0 radical (unpaired) electrons. The number of rotatable bonds is 12. The number of amides is 1. The number of ether oxygens (including phenoxy) is 3. The summed E-state index contributed by atoms with van der Waals surface area (Å²) in [5.41, 5.74) is 6.94. The smallest absolute Gasteiger partial charge is 0.255 e. The number of carbonyl (C=O) groups excluding carboxylic acids is 1. The van der Waals surface area contributed by atoms with E-state index in [2.05, 4.69) is 15.6 Å². The molecule has 0 aromatic heterocycles. The van der Waals surface area contributed by atoms with E-state index < -0.39 is 5.91 Å². The lowest BCUT2D eigenvalue weighted by molar-refractivity contribution is -0.119. The van der Waals surface area contributed by atoms with Crippen molar-refractivity contribution in [2.24, 2.45) is 10.7 Å². The summed E-state index contributed by atoms with van der Waals surface area (Å²) in [6.45, 7) is 4.28. The quantitative estimate of drug-likeness (QED) is 0.280. The van der Waals surface area contributed by atoms with Gasteiger partial charge in [-0.2, -0.15) is 0 Å². The molecular weight excluding hydrogens is 384 g/mol. The molecule has 0 aliphatic rings. The molecule has 2 rings (SSSR count). The molecule has 0 spiro atoms. The monoisotopic (exact) mass is 414 g/mol. The number of primary amides is 1. The van der Waals surface area contributed by atoms with Crippen molar-refractivity contribution in [3.8, 4) is 11.5 Å². The number of hydrogen-bond acceptors (Lipinski definition) is 5. The van der Waals surface area contributed by atoms with Crippen LogP contribution in [0, 0.1) is 0 Å². The average Bonchev–Trinajstić information content (AvgIpc) is 2.74. The van der Waals surface area contributed by atoms with Crippen LogP contribution in [0.2, 0.25) is 0 Å². The molecule has 2 aromatic rings. The number of nitrogens with one attached hydrogen (secondary N) is 2. The Morgan fingerprint density at radius 1 is 1.07 bits per heavy atom. The molecule has 0 saturated heterocycles. The fourth-order valence-electron chi connectivity index (χ4n) is 2.56. The molecule has 0 saturated carbocycles. The van der Waals surface area contributed by atoms with Crippen LogP contribution >= 0.6 is 0 Å². The standard InChI is InChI=1S/C22H30N4O4/c1-3-24-22(25-15-17-7-4-9-19(13-17)30-16-21(23)27)26-18-8-5-10-20(14-18)29-12-6-11-28-2/h4-5,7-10,13-14H,3,6,11-12,15-16H2,1-2H3,(H2,23,27)(H2,24,25,26). The van der Waals surface area contributed by atoms with Gasteiger partial charge in [-0.25, -0.2) is 4.99 Å². The van der Waals surface area contributed by atoms with Gasteiger partial charge in [0.25, 0.3) is 5.91 Å². The summed E-state index contributed by atoms with van der Waals surface area (Å²) in [6, 6.07) is 15.1. The topological polar surface area (TPSA) is 107 Å². The molecule has 8 nitrogen and oxygen atoms in total. The first-order valence-corrected chi connectivity index (χ1v) is 9.88. The van der Waals surface area contributed by atoms with Gasteiger partial charge in [-0.15, -0.1) is 0 Å². The van der Waals surface area contributed by atoms with E-state index in [9.17, 15) is 4.79 Å². The molecule has 0 heterocycles. The predicted molar refractivity (Wildman–Crippen MR) is 118 cm³/mol.